The van der Waals surface area contributed by atoms with Crippen molar-refractivity contribution in [3.8, 4) is 5.75 Å². The van der Waals surface area contributed by atoms with Crippen LogP contribution in [0.4, 0.5) is 5.69 Å². The summed E-state index contributed by atoms with van der Waals surface area (Å²) >= 11 is 6.19. The predicted molar refractivity (Wildman–Crippen MR) is 139 cm³/mol. The number of ether oxygens (including phenoxy) is 1. The molecule has 0 unspecified atom stereocenters. The Hall–Kier alpha value is -2.78. The first-order valence-corrected chi connectivity index (χ1v) is 13.6. The smallest absolute Gasteiger partial charge is 0.242 e. The number of nitrogens with zero attached hydrogens (tertiary/aromatic N) is 2. The van der Waals surface area contributed by atoms with Crippen molar-refractivity contribution in [1.29, 1.82) is 0 Å². The summed E-state index contributed by atoms with van der Waals surface area (Å²) in [6.07, 6.45) is 1.91. The van der Waals surface area contributed by atoms with Crippen LogP contribution in [0.3, 0.4) is 0 Å². The van der Waals surface area contributed by atoms with Crippen LogP contribution in [-0.4, -0.2) is 58.1 Å². The Morgan fingerprint density at radius 2 is 1.80 bits per heavy atom. The summed E-state index contributed by atoms with van der Waals surface area (Å²) < 4.78 is 31.3. The highest BCUT2D eigenvalue weighted by atomic mass is 35.5. The van der Waals surface area contributed by atoms with Crippen LogP contribution in [0.15, 0.2) is 42.5 Å². The third-order valence-electron chi connectivity index (χ3n) is 5.68. The molecule has 0 saturated heterocycles. The minimum atomic E-state index is -3.62. The van der Waals surface area contributed by atoms with Gasteiger partial charge in [0.15, 0.2) is 0 Å². The maximum absolute atomic E-state index is 13.3. The van der Waals surface area contributed by atoms with Gasteiger partial charge in [0, 0.05) is 26.6 Å². The van der Waals surface area contributed by atoms with Gasteiger partial charge in [0.25, 0.3) is 0 Å². The van der Waals surface area contributed by atoms with Gasteiger partial charge in [-0.05, 0) is 43.5 Å². The van der Waals surface area contributed by atoms with Gasteiger partial charge < -0.3 is 15.0 Å². The highest BCUT2D eigenvalue weighted by Crippen LogP contribution is 2.30. The molecule has 2 amide bonds. The number of aryl methyl sites for hydroxylation is 1. The third kappa shape index (κ3) is 7.86. The van der Waals surface area contributed by atoms with Crippen LogP contribution >= 0.6 is 11.6 Å². The van der Waals surface area contributed by atoms with Crippen LogP contribution < -0.4 is 14.4 Å². The van der Waals surface area contributed by atoms with Gasteiger partial charge in [0.1, 0.15) is 11.8 Å². The van der Waals surface area contributed by atoms with Gasteiger partial charge >= 0.3 is 0 Å². The lowest BCUT2D eigenvalue weighted by atomic mass is 10.1. The molecule has 1 atom stereocenters. The number of carbonyl (C=O) groups is 2. The molecule has 10 heteroatoms. The van der Waals surface area contributed by atoms with Crippen molar-refractivity contribution in [3.05, 3.63) is 58.6 Å². The van der Waals surface area contributed by atoms with Crippen LogP contribution in [0.5, 0.6) is 5.75 Å². The van der Waals surface area contributed by atoms with E-state index in [9.17, 15) is 18.0 Å². The summed E-state index contributed by atoms with van der Waals surface area (Å²) in [7, 11) is -0.596. The van der Waals surface area contributed by atoms with E-state index < -0.39 is 16.1 Å². The molecule has 1 N–H and O–H groups in total. The molecule has 0 aromatic heterocycles. The van der Waals surface area contributed by atoms with Crippen LogP contribution in [0.25, 0.3) is 0 Å². The number of benzene rings is 2. The lowest BCUT2D eigenvalue weighted by Crippen LogP contribution is -2.48. The molecule has 0 bridgehead atoms. The highest BCUT2D eigenvalue weighted by molar-refractivity contribution is 7.92. The standard InChI is InChI=1S/C25H34ClN3O5S/c1-6-22(25(31)27-3)28(17-19-11-9-18(2)10-12-19)24(30)8-7-15-29(35(5,32)33)20-13-14-23(34-4)21(26)16-20/h9-14,16,22H,6-8,15,17H2,1-5H3,(H,27,31)/t22-/m0/s1. The molecule has 0 saturated carbocycles. The summed E-state index contributed by atoms with van der Waals surface area (Å²) in [6, 6.07) is 11.9. The maximum Gasteiger partial charge on any atom is 0.242 e. The number of rotatable bonds is 12. The van der Waals surface area contributed by atoms with Gasteiger partial charge in [-0.25, -0.2) is 8.42 Å². The second-order valence-corrected chi connectivity index (χ2v) is 10.6. The van der Waals surface area contributed by atoms with E-state index in [2.05, 4.69) is 5.32 Å². The van der Waals surface area contributed by atoms with Gasteiger partial charge in [0.2, 0.25) is 21.8 Å². The molecule has 8 nitrogen and oxygen atoms in total. The Morgan fingerprint density at radius 1 is 1.14 bits per heavy atom. The zero-order valence-electron chi connectivity index (χ0n) is 20.9. The minimum Gasteiger partial charge on any atom is -0.495 e. The van der Waals surface area contributed by atoms with Crippen molar-refractivity contribution in [2.75, 3.05) is 31.3 Å². The third-order valence-corrected chi connectivity index (χ3v) is 7.17. The summed E-state index contributed by atoms with van der Waals surface area (Å²) in [5.74, 6) is -0.0218. The minimum absolute atomic E-state index is 0.0786. The summed E-state index contributed by atoms with van der Waals surface area (Å²) in [4.78, 5) is 27.3. The number of hydrogen-bond acceptors (Lipinski definition) is 5. The van der Waals surface area contributed by atoms with Gasteiger partial charge in [-0.1, -0.05) is 48.4 Å². The fraction of sp³-hybridized carbons (Fsp3) is 0.440. The van der Waals surface area contributed by atoms with E-state index in [-0.39, 0.29) is 42.8 Å². The molecular weight excluding hydrogens is 490 g/mol. The molecule has 192 valence electrons. The van der Waals surface area contributed by atoms with Gasteiger partial charge in [-0.2, -0.15) is 0 Å². The van der Waals surface area contributed by atoms with Gasteiger partial charge in [0.05, 0.1) is 24.1 Å². The van der Waals surface area contributed by atoms with Gasteiger partial charge in [-0.3, -0.25) is 13.9 Å². The average Bonchev–Trinajstić information content (AvgIpc) is 2.81. The number of anilines is 1. The molecule has 0 fully saturated rings. The first kappa shape index (κ1) is 28.5. The molecule has 0 heterocycles. The molecule has 0 radical (unpaired) electrons. The molecule has 0 aliphatic rings. The normalized spacial score (nSPS) is 12.1. The average molecular weight is 524 g/mol. The molecular formula is C25H34ClN3O5S. The number of likely N-dealkylation sites (N-methyl/N-ethyl adjacent to an activating group) is 1. The molecule has 0 aliphatic heterocycles. The first-order valence-electron chi connectivity index (χ1n) is 11.4. The number of nitrogens with one attached hydrogen (secondary N) is 1. The predicted octanol–water partition coefficient (Wildman–Crippen LogP) is 3.76. The molecule has 35 heavy (non-hydrogen) atoms. The van der Waals surface area contributed by atoms with Crippen LogP contribution in [0.2, 0.25) is 5.02 Å². The van der Waals surface area contributed by atoms with Crippen molar-refractivity contribution in [2.24, 2.45) is 0 Å². The largest absolute Gasteiger partial charge is 0.495 e. The highest BCUT2D eigenvalue weighted by Gasteiger charge is 2.28. The van der Waals surface area contributed by atoms with E-state index in [0.717, 1.165) is 17.4 Å². The Kier molecular flexibility index (Phi) is 10.4. The Labute approximate surface area is 213 Å². The van der Waals surface area contributed by atoms with Crippen LogP contribution in [0.1, 0.15) is 37.3 Å². The monoisotopic (exact) mass is 523 g/mol. The number of amides is 2. The Balaban J connectivity index is 2.20. The summed E-state index contributed by atoms with van der Waals surface area (Å²) in [5.41, 5.74) is 2.40. The SMILES string of the molecule is CC[C@@H](C(=O)NC)N(Cc1ccc(C)cc1)C(=O)CCCN(c1ccc(OC)c(Cl)c1)S(C)(=O)=O. The summed E-state index contributed by atoms with van der Waals surface area (Å²) in [5, 5.41) is 2.92. The summed E-state index contributed by atoms with van der Waals surface area (Å²) in [6.45, 7) is 4.21. The van der Waals surface area contributed by atoms with E-state index in [1.54, 1.807) is 24.1 Å². The molecule has 2 aromatic rings. The van der Waals surface area contributed by atoms with Crippen LogP contribution in [0, 0.1) is 6.92 Å². The van der Waals surface area contributed by atoms with Crippen molar-refractivity contribution >= 4 is 39.1 Å². The second kappa shape index (κ2) is 12.8. The molecule has 2 aromatic carbocycles. The van der Waals surface area contributed by atoms with Crippen LogP contribution in [-0.2, 0) is 26.2 Å². The topological polar surface area (TPSA) is 96.0 Å². The van der Waals surface area contributed by atoms with E-state index in [1.807, 2.05) is 38.1 Å². The van der Waals surface area contributed by atoms with E-state index in [0.29, 0.717) is 17.9 Å². The maximum atomic E-state index is 13.3. The zero-order chi connectivity index (χ0) is 26.2. The van der Waals surface area contributed by atoms with Crippen molar-refractivity contribution in [2.45, 2.75) is 45.7 Å². The first-order chi connectivity index (χ1) is 16.5. The molecule has 2 rings (SSSR count). The van der Waals surface area contributed by atoms with Crippen molar-refractivity contribution in [3.63, 3.8) is 0 Å². The quantitative estimate of drug-likeness (QED) is 0.457. The number of sulfonamides is 1. The fourth-order valence-electron chi connectivity index (χ4n) is 3.79. The van der Waals surface area contributed by atoms with Crippen molar-refractivity contribution < 1.29 is 22.7 Å². The fourth-order valence-corrected chi connectivity index (χ4v) is 5.00. The van der Waals surface area contributed by atoms with Gasteiger partial charge in [-0.15, -0.1) is 0 Å². The molecule has 0 aliphatic carbocycles. The number of hydrogen-bond donors (Lipinski definition) is 1. The number of methoxy groups -OCH3 is 1. The van der Waals surface area contributed by atoms with E-state index in [4.69, 9.17) is 16.3 Å². The zero-order valence-corrected chi connectivity index (χ0v) is 22.4. The van der Waals surface area contributed by atoms with Crippen molar-refractivity contribution in [1.82, 2.24) is 10.2 Å². The lowest BCUT2D eigenvalue weighted by Gasteiger charge is -2.31. The van der Waals surface area contributed by atoms with E-state index >= 15 is 0 Å². The Bertz CT molecular complexity index is 1120. The van der Waals surface area contributed by atoms with E-state index in [1.165, 1.54) is 17.5 Å². The second-order valence-electron chi connectivity index (χ2n) is 8.30. The lowest BCUT2D eigenvalue weighted by molar-refractivity contribution is -0.141. The number of halogens is 1. The number of carbonyl (C=O) groups excluding carboxylic acids is 2. The Morgan fingerprint density at radius 3 is 2.31 bits per heavy atom. The molecule has 0 spiro atoms.